The maximum Gasteiger partial charge on any atom is 0.242 e. The fourth-order valence-electron chi connectivity index (χ4n) is 2.67. The zero-order valence-electron chi connectivity index (χ0n) is 12.7. The largest absolute Gasteiger partial charge is 0.342 e. The highest BCUT2D eigenvalue weighted by atomic mass is 32.1. The maximum absolute atomic E-state index is 12.5. The van der Waals surface area contributed by atoms with E-state index in [1.54, 1.807) is 17.7 Å². The first kappa shape index (κ1) is 14.1. The van der Waals surface area contributed by atoms with E-state index in [-0.39, 0.29) is 5.91 Å². The van der Waals surface area contributed by atoms with Crippen LogP contribution in [-0.4, -0.2) is 50.7 Å². The summed E-state index contributed by atoms with van der Waals surface area (Å²) >= 11 is 1.60. The van der Waals surface area contributed by atoms with Gasteiger partial charge in [-0.1, -0.05) is 23.5 Å². The smallest absolute Gasteiger partial charge is 0.242 e. The molecule has 1 aliphatic heterocycles. The molecule has 0 saturated heterocycles. The molecule has 1 aromatic carbocycles. The lowest BCUT2D eigenvalue weighted by Crippen LogP contribution is -2.43. The van der Waals surface area contributed by atoms with Crippen molar-refractivity contribution in [2.24, 2.45) is 0 Å². The zero-order chi connectivity index (χ0) is 15.8. The van der Waals surface area contributed by atoms with Crippen LogP contribution in [0.1, 0.15) is 5.82 Å². The standard InChI is InChI=1S/C15H16N6OS/c1-19(15-17-11-4-2-3-5-12(11)23-15)9-14(22)20-6-7-21-10-16-18-13(21)8-20/h2-5,10H,6-9H2,1H3. The van der Waals surface area contributed by atoms with Crippen molar-refractivity contribution in [3.05, 3.63) is 36.4 Å². The Morgan fingerprint density at radius 3 is 3.09 bits per heavy atom. The summed E-state index contributed by atoms with van der Waals surface area (Å²) < 4.78 is 3.12. The number of aromatic nitrogens is 4. The number of hydrogen-bond donors (Lipinski definition) is 0. The number of rotatable bonds is 3. The van der Waals surface area contributed by atoms with Crippen LogP contribution in [0.5, 0.6) is 0 Å². The van der Waals surface area contributed by atoms with Crippen LogP contribution in [0.25, 0.3) is 10.2 Å². The predicted molar refractivity (Wildman–Crippen MR) is 88.3 cm³/mol. The fraction of sp³-hybridized carbons (Fsp3) is 0.333. The Balaban J connectivity index is 1.46. The first-order valence-corrected chi connectivity index (χ1v) is 8.23. The molecule has 0 aliphatic carbocycles. The second-order valence-corrected chi connectivity index (χ2v) is 6.59. The van der Waals surface area contributed by atoms with Crippen LogP contribution in [0.15, 0.2) is 30.6 Å². The van der Waals surface area contributed by atoms with E-state index in [1.165, 1.54) is 0 Å². The summed E-state index contributed by atoms with van der Waals surface area (Å²) in [6, 6.07) is 8.01. The van der Waals surface area contributed by atoms with E-state index in [4.69, 9.17) is 0 Å². The van der Waals surface area contributed by atoms with Crippen LogP contribution in [0.4, 0.5) is 5.13 Å². The highest BCUT2D eigenvalue weighted by Gasteiger charge is 2.23. The van der Waals surface area contributed by atoms with Crippen LogP contribution in [0, 0.1) is 0 Å². The Hall–Kier alpha value is -2.48. The van der Waals surface area contributed by atoms with Gasteiger partial charge in [0.15, 0.2) is 11.0 Å². The average Bonchev–Trinajstić information content (AvgIpc) is 3.20. The van der Waals surface area contributed by atoms with Gasteiger partial charge in [-0.25, -0.2) is 4.98 Å². The number of carbonyl (C=O) groups is 1. The number of carbonyl (C=O) groups excluding carboxylic acids is 1. The lowest BCUT2D eigenvalue weighted by molar-refractivity contribution is -0.131. The molecule has 3 heterocycles. The molecule has 1 aliphatic rings. The quantitative estimate of drug-likeness (QED) is 0.726. The van der Waals surface area contributed by atoms with Gasteiger partial charge in [-0.05, 0) is 12.1 Å². The van der Waals surface area contributed by atoms with Gasteiger partial charge in [-0.3, -0.25) is 4.79 Å². The lowest BCUT2D eigenvalue weighted by Gasteiger charge is -2.28. The van der Waals surface area contributed by atoms with E-state index >= 15 is 0 Å². The molecule has 7 nitrogen and oxygen atoms in total. The molecule has 23 heavy (non-hydrogen) atoms. The SMILES string of the molecule is CN(CC(=O)N1CCn2cnnc2C1)c1nc2ccccc2s1. The van der Waals surface area contributed by atoms with E-state index in [0.717, 1.165) is 27.7 Å². The van der Waals surface area contributed by atoms with Crippen molar-refractivity contribution < 1.29 is 4.79 Å². The average molecular weight is 328 g/mol. The summed E-state index contributed by atoms with van der Waals surface area (Å²) in [5.41, 5.74) is 0.970. The van der Waals surface area contributed by atoms with Gasteiger partial charge in [0.1, 0.15) is 6.33 Å². The molecule has 118 valence electrons. The minimum absolute atomic E-state index is 0.0843. The molecule has 0 bridgehead atoms. The van der Waals surface area contributed by atoms with E-state index in [1.807, 2.05) is 45.7 Å². The molecule has 1 amide bonds. The van der Waals surface area contributed by atoms with Crippen molar-refractivity contribution in [1.82, 2.24) is 24.6 Å². The van der Waals surface area contributed by atoms with Crippen molar-refractivity contribution in [1.29, 1.82) is 0 Å². The Morgan fingerprint density at radius 1 is 1.35 bits per heavy atom. The number of hydrogen-bond acceptors (Lipinski definition) is 6. The van der Waals surface area contributed by atoms with Gasteiger partial charge in [-0.15, -0.1) is 10.2 Å². The summed E-state index contributed by atoms with van der Waals surface area (Å²) in [5.74, 6) is 0.924. The van der Waals surface area contributed by atoms with Crippen molar-refractivity contribution in [3.8, 4) is 0 Å². The molecule has 0 radical (unpaired) electrons. The number of fused-ring (bicyclic) bond motifs is 2. The Bertz CT molecular complexity index is 823. The van der Waals surface area contributed by atoms with Crippen LogP contribution in [0.3, 0.4) is 0 Å². The summed E-state index contributed by atoms with van der Waals surface area (Å²) in [5, 5.41) is 8.80. The van der Waals surface area contributed by atoms with E-state index in [9.17, 15) is 4.79 Å². The van der Waals surface area contributed by atoms with Crippen LogP contribution in [0.2, 0.25) is 0 Å². The van der Waals surface area contributed by atoms with E-state index < -0.39 is 0 Å². The van der Waals surface area contributed by atoms with E-state index in [2.05, 4.69) is 15.2 Å². The third-order valence-corrected chi connectivity index (χ3v) is 5.12. The molecule has 8 heteroatoms. The topological polar surface area (TPSA) is 67.2 Å². The molecule has 0 N–H and O–H groups in total. The van der Waals surface area contributed by atoms with Crippen molar-refractivity contribution in [2.75, 3.05) is 25.0 Å². The first-order chi connectivity index (χ1) is 11.2. The lowest BCUT2D eigenvalue weighted by atomic mass is 10.3. The third-order valence-electron chi connectivity index (χ3n) is 3.97. The second-order valence-electron chi connectivity index (χ2n) is 5.58. The van der Waals surface area contributed by atoms with Crippen molar-refractivity contribution in [3.63, 3.8) is 0 Å². The molecular weight excluding hydrogens is 312 g/mol. The van der Waals surface area contributed by atoms with Gasteiger partial charge in [0, 0.05) is 20.1 Å². The van der Waals surface area contributed by atoms with E-state index in [0.29, 0.717) is 19.6 Å². The molecule has 4 rings (SSSR count). The molecule has 2 aromatic heterocycles. The first-order valence-electron chi connectivity index (χ1n) is 7.42. The zero-order valence-corrected chi connectivity index (χ0v) is 13.5. The van der Waals surface area contributed by atoms with Crippen molar-refractivity contribution >= 4 is 32.6 Å². The molecule has 0 unspecified atom stereocenters. The monoisotopic (exact) mass is 328 g/mol. The predicted octanol–water partition coefficient (Wildman–Crippen LogP) is 1.37. The molecule has 0 atom stereocenters. The van der Waals surface area contributed by atoms with Gasteiger partial charge >= 0.3 is 0 Å². The van der Waals surface area contributed by atoms with Gasteiger partial charge in [0.25, 0.3) is 0 Å². The minimum Gasteiger partial charge on any atom is -0.342 e. The molecule has 3 aromatic rings. The van der Waals surface area contributed by atoms with Gasteiger partial charge < -0.3 is 14.4 Å². The fourth-order valence-corrected chi connectivity index (χ4v) is 3.60. The summed E-state index contributed by atoms with van der Waals surface area (Å²) in [4.78, 5) is 20.9. The Morgan fingerprint density at radius 2 is 2.22 bits per heavy atom. The number of para-hydroxylation sites is 1. The summed E-state index contributed by atoms with van der Waals surface area (Å²) in [7, 11) is 1.90. The highest BCUT2D eigenvalue weighted by molar-refractivity contribution is 7.22. The highest BCUT2D eigenvalue weighted by Crippen LogP contribution is 2.27. The number of nitrogens with zero attached hydrogens (tertiary/aromatic N) is 6. The Kier molecular flexibility index (Phi) is 3.45. The number of thiazole rings is 1. The van der Waals surface area contributed by atoms with Crippen molar-refractivity contribution in [2.45, 2.75) is 13.1 Å². The maximum atomic E-state index is 12.5. The second kappa shape index (κ2) is 5.62. The summed E-state index contributed by atoms with van der Waals surface area (Å²) in [6.07, 6.45) is 1.71. The van der Waals surface area contributed by atoms with Crippen LogP contribution in [-0.2, 0) is 17.9 Å². The third kappa shape index (κ3) is 2.65. The molecule has 0 spiro atoms. The number of likely N-dealkylation sites (N-methyl/N-ethyl adjacent to an activating group) is 1. The van der Waals surface area contributed by atoms with Gasteiger partial charge in [0.2, 0.25) is 5.91 Å². The molecule has 0 fully saturated rings. The van der Waals surface area contributed by atoms with Crippen LogP contribution < -0.4 is 4.90 Å². The number of benzene rings is 1. The van der Waals surface area contributed by atoms with Gasteiger partial charge in [-0.2, -0.15) is 0 Å². The van der Waals surface area contributed by atoms with Gasteiger partial charge in [0.05, 0.1) is 23.3 Å². The normalized spacial score (nSPS) is 14.0. The summed E-state index contributed by atoms with van der Waals surface area (Å²) in [6.45, 7) is 2.27. The number of anilines is 1. The number of amides is 1. The molecule has 0 saturated carbocycles. The molecular formula is C15H16N6OS. The minimum atomic E-state index is 0.0843. The van der Waals surface area contributed by atoms with Crippen LogP contribution >= 0.6 is 11.3 Å². The Labute approximate surface area is 137 Å².